The van der Waals surface area contributed by atoms with E-state index in [9.17, 15) is 4.21 Å². The molecule has 0 bridgehead atoms. The number of nitrogens with one attached hydrogen (secondary N) is 1. The van der Waals surface area contributed by atoms with Gasteiger partial charge in [0.2, 0.25) is 0 Å². The fourth-order valence-corrected chi connectivity index (χ4v) is 4.77. The number of para-hydroxylation sites is 1. The number of aromatic amines is 1. The zero-order chi connectivity index (χ0) is 21.1. The fraction of sp³-hybridized carbons (Fsp3) is 0.391. The van der Waals surface area contributed by atoms with E-state index in [1.54, 1.807) is 14.2 Å². The lowest BCUT2D eigenvalue weighted by atomic mass is 9.93. The second-order valence-electron chi connectivity index (χ2n) is 7.61. The van der Waals surface area contributed by atoms with Crippen molar-refractivity contribution in [1.29, 1.82) is 0 Å². The van der Waals surface area contributed by atoms with E-state index in [0.717, 1.165) is 16.8 Å². The van der Waals surface area contributed by atoms with Crippen molar-refractivity contribution in [2.75, 3.05) is 26.2 Å². The molecule has 4 rings (SSSR count). The van der Waals surface area contributed by atoms with Crippen molar-refractivity contribution in [2.24, 2.45) is 0 Å². The van der Waals surface area contributed by atoms with Gasteiger partial charge in [-0.1, -0.05) is 37.5 Å². The minimum Gasteiger partial charge on any atom is -0.494 e. The van der Waals surface area contributed by atoms with Crippen LogP contribution in [-0.4, -0.2) is 46.4 Å². The van der Waals surface area contributed by atoms with E-state index < -0.39 is 0 Å². The molecule has 1 saturated carbocycles. The highest BCUT2D eigenvalue weighted by molar-refractivity contribution is 7.67. The van der Waals surface area contributed by atoms with Crippen LogP contribution in [0.25, 0.3) is 11.0 Å². The number of ether oxygens (including phenoxy) is 2. The summed E-state index contributed by atoms with van der Waals surface area (Å²) in [6.45, 7) is 0. The predicted molar refractivity (Wildman–Crippen MR) is 122 cm³/mol. The second kappa shape index (κ2) is 8.92. The van der Waals surface area contributed by atoms with Crippen LogP contribution in [-0.2, 0) is 11.3 Å². The van der Waals surface area contributed by atoms with Gasteiger partial charge in [0.15, 0.2) is 5.82 Å². The Balaban J connectivity index is 1.80. The molecule has 1 aliphatic rings. The van der Waals surface area contributed by atoms with E-state index in [2.05, 4.69) is 23.0 Å². The molecular weight excluding hydrogens is 398 g/mol. The van der Waals surface area contributed by atoms with Gasteiger partial charge in [0.05, 0.1) is 14.2 Å². The molecule has 2 aromatic carbocycles. The molecule has 1 fully saturated rings. The molecule has 0 unspecified atom stereocenters. The average Bonchev–Trinajstić information content (AvgIpc) is 3.24. The number of methoxy groups -OCH3 is 2. The first-order valence-electron chi connectivity index (χ1n) is 10.3. The summed E-state index contributed by atoms with van der Waals surface area (Å²) in [7, 11) is 5.35. The number of H-pyrrole nitrogens is 1. The molecule has 158 valence electrons. The van der Waals surface area contributed by atoms with Crippen molar-refractivity contribution in [3.05, 3.63) is 47.8 Å². The third kappa shape index (κ3) is 3.69. The van der Waals surface area contributed by atoms with Crippen molar-refractivity contribution in [1.82, 2.24) is 9.97 Å². The molecule has 3 aromatic rings. The molecule has 0 aliphatic heterocycles. The number of rotatable bonds is 6. The SMILES string of the molecule is COc1ccc(OC)c2[nH]c(C(=S=O)c3ccccc3N(C)C3CCCCC3)nc12. The van der Waals surface area contributed by atoms with Crippen molar-refractivity contribution >= 4 is 32.8 Å². The van der Waals surface area contributed by atoms with Gasteiger partial charge in [-0.15, -0.1) is 0 Å². The van der Waals surface area contributed by atoms with Gasteiger partial charge in [-0.05, 0) is 31.0 Å². The Kier molecular flexibility index (Phi) is 6.08. The van der Waals surface area contributed by atoms with E-state index >= 15 is 0 Å². The number of hydrogen-bond donors (Lipinski definition) is 1. The monoisotopic (exact) mass is 425 g/mol. The lowest BCUT2D eigenvalue weighted by molar-refractivity contribution is 0.409. The number of hydrogen-bond acceptors (Lipinski definition) is 5. The predicted octanol–water partition coefficient (Wildman–Crippen LogP) is 4.13. The zero-order valence-corrected chi connectivity index (χ0v) is 18.4. The largest absolute Gasteiger partial charge is 0.494 e. The highest BCUT2D eigenvalue weighted by Gasteiger charge is 2.24. The summed E-state index contributed by atoms with van der Waals surface area (Å²) in [4.78, 5) is 10.9. The first kappa shape index (κ1) is 20.5. The maximum Gasteiger partial charge on any atom is 0.152 e. The van der Waals surface area contributed by atoms with E-state index in [1.807, 2.05) is 30.3 Å². The number of anilines is 1. The number of fused-ring (bicyclic) bond motifs is 1. The van der Waals surface area contributed by atoms with Crippen LogP contribution in [0.1, 0.15) is 43.5 Å². The third-order valence-electron chi connectivity index (χ3n) is 5.96. The number of aromatic nitrogens is 2. The zero-order valence-electron chi connectivity index (χ0n) is 17.6. The molecular formula is C23H27N3O3S. The van der Waals surface area contributed by atoms with Crippen LogP contribution in [0.4, 0.5) is 5.69 Å². The summed E-state index contributed by atoms with van der Waals surface area (Å²) in [6, 6.07) is 12.2. The van der Waals surface area contributed by atoms with Gasteiger partial charge < -0.3 is 19.4 Å². The molecule has 0 saturated heterocycles. The molecule has 0 radical (unpaired) electrons. The molecule has 30 heavy (non-hydrogen) atoms. The molecule has 6 nitrogen and oxygen atoms in total. The summed E-state index contributed by atoms with van der Waals surface area (Å²) >= 11 is 0.461. The lowest BCUT2D eigenvalue weighted by Crippen LogP contribution is -2.34. The van der Waals surface area contributed by atoms with Gasteiger partial charge in [-0.25, -0.2) is 9.19 Å². The molecule has 1 aromatic heterocycles. The molecule has 0 spiro atoms. The summed E-state index contributed by atoms with van der Waals surface area (Å²) in [5.41, 5.74) is 3.32. The summed E-state index contributed by atoms with van der Waals surface area (Å²) in [5.74, 6) is 1.82. The van der Waals surface area contributed by atoms with Crippen molar-refractivity contribution < 1.29 is 13.7 Å². The molecule has 0 atom stereocenters. The summed E-state index contributed by atoms with van der Waals surface area (Å²) in [5, 5.41) is 0. The average molecular weight is 426 g/mol. The van der Waals surface area contributed by atoms with Gasteiger partial charge in [-0.3, -0.25) is 0 Å². The summed E-state index contributed by atoms with van der Waals surface area (Å²) < 4.78 is 23.2. The second-order valence-corrected chi connectivity index (χ2v) is 8.19. The Bertz CT molecular complexity index is 1060. The Hall–Kier alpha value is -2.80. The smallest absolute Gasteiger partial charge is 0.152 e. The topological polar surface area (TPSA) is 67.5 Å². The third-order valence-corrected chi connectivity index (χ3v) is 6.54. The maximum atomic E-state index is 12.3. The molecule has 1 N–H and O–H groups in total. The standard InChI is InChI=1S/C23H27N3O3S/c1-26(15-9-5-4-6-10-15)17-12-8-7-11-16(17)22(30-27)23-24-20-18(28-2)13-14-19(29-3)21(20)25-23/h7-8,11-15H,4-6,9-10H2,1-3H3,(H,24,25). The molecule has 0 amide bonds. The van der Waals surface area contributed by atoms with Crippen molar-refractivity contribution in [3.8, 4) is 11.5 Å². The van der Waals surface area contributed by atoms with E-state index in [4.69, 9.17) is 14.5 Å². The van der Waals surface area contributed by atoms with Gasteiger partial charge in [0.25, 0.3) is 0 Å². The summed E-state index contributed by atoms with van der Waals surface area (Å²) in [6.07, 6.45) is 6.19. The van der Waals surface area contributed by atoms with Crippen LogP contribution in [0, 0.1) is 0 Å². The highest BCUT2D eigenvalue weighted by atomic mass is 32.1. The first-order chi connectivity index (χ1) is 14.7. The van der Waals surface area contributed by atoms with Gasteiger partial charge in [0, 0.05) is 24.3 Å². The Labute approximate surface area is 180 Å². The number of imidazole rings is 1. The Morgan fingerprint density at radius 2 is 1.77 bits per heavy atom. The van der Waals surface area contributed by atoms with E-state index in [1.165, 1.54) is 32.1 Å². The lowest BCUT2D eigenvalue weighted by Gasteiger charge is -2.34. The number of benzene rings is 2. The van der Waals surface area contributed by atoms with Gasteiger partial charge in [-0.2, -0.15) is 0 Å². The van der Waals surface area contributed by atoms with Crippen LogP contribution >= 0.6 is 0 Å². The minimum atomic E-state index is 0.461. The van der Waals surface area contributed by atoms with Gasteiger partial charge in [0.1, 0.15) is 38.7 Å². The van der Waals surface area contributed by atoms with E-state index in [0.29, 0.717) is 45.0 Å². The first-order valence-corrected chi connectivity index (χ1v) is 11.0. The molecule has 1 aliphatic carbocycles. The minimum absolute atomic E-state index is 0.461. The molecule has 1 heterocycles. The Morgan fingerprint density at radius 1 is 1.07 bits per heavy atom. The van der Waals surface area contributed by atoms with E-state index in [-0.39, 0.29) is 0 Å². The van der Waals surface area contributed by atoms with Crippen molar-refractivity contribution in [2.45, 2.75) is 38.1 Å². The molecule has 7 heteroatoms. The van der Waals surface area contributed by atoms with Crippen LogP contribution < -0.4 is 14.4 Å². The van der Waals surface area contributed by atoms with Crippen LogP contribution in [0.5, 0.6) is 11.5 Å². The fourth-order valence-electron chi connectivity index (χ4n) is 4.34. The quantitative estimate of drug-likeness (QED) is 0.475. The highest BCUT2D eigenvalue weighted by Crippen LogP contribution is 2.33. The van der Waals surface area contributed by atoms with Crippen LogP contribution in [0.2, 0.25) is 0 Å². The van der Waals surface area contributed by atoms with Crippen LogP contribution in [0.3, 0.4) is 0 Å². The maximum absolute atomic E-state index is 12.3. The normalized spacial score (nSPS) is 14.5. The Morgan fingerprint density at radius 3 is 2.47 bits per heavy atom. The van der Waals surface area contributed by atoms with Crippen LogP contribution in [0.15, 0.2) is 36.4 Å². The number of nitrogens with zero attached hydrogens (tertiary/aromatic N) is 2. The van der Waals surface area contributed by atoms with Gasteiger partial charge >= 0.3 is 0 Å². The van der Waals surface area contributed by atoms with Crippen molar-refractivity contribution in [3.63, 3.8) is 0 Å².